The Kier molecular flexibility index (Phi) is 4.16. The van der Waals surface area contributed by atoms with Crippen LogP contribution in [0.4, 0.5) is 0 Å². The zero-order valence-electron chi connectivity index (χ0n) is 14.0. The molecule has 130 valence electrons. The third-order valence-electron chi connectivity index (χ3n) is 3.87. The lowest BCUT2D eigenvalue weighted by atomic mass is 10.2. The van der Waals surface area contributed by atoms with E-state index in [0.29, 0.717) is 28.5 Å². The van der Waals surface area contributed by atoms with Crippen molar-refractivity contribution in [2.75, 3.05) is 6.61 Å². The van der Waals surface area contributed by atoms with Gasteiger partial charge in [-0.2, -0.15) is 0 Å². The highest BCUT2D eigenvalue weighted by Crippen LogP contribution is 2.41. The number of thiophene rings is 1. The molecule has 3 aromatic heterocycles. The third kappa shape index (κ3) is 2.99. The molecule has 0 radical (unpaired) electrons. The van der Waals surface area contributed by atoms with Gasteiger partial charge in [-0.05, 0) is 61.4 Å². The molecule has 0 amide bonds. The van der Waals surface area contributed by atoms with Crippen molar-refractivity contribution < 1.29 is 9.53 Å². The SMILES string of the molecule is CCOC(=O)c1sc2nc(C)nc(Sc3nnnn3C3CC3)c2c1C. The number of hydrogen-bond acceptors (Lipinski definition) is 9. The van der Waals surface area contributed by atoms with E-state index < -0.39 is 0 Å². The first kappa shape index (κ1) is 16.4. The highest BCUT2D eigenvalue weighted by molar-refractivity contribution is 7.99. The maximum atomic E-state index is 12.2. The Balaban J connectivity index is 1.80. The second-order valence-electron chi connectivity index (χ2n) is 5.77. The van der Waals surface area contributed by atoms with Crippen LogP contribution in [0.1, 0.15) is 46.9 Å². The number of tetrazole rings is 1. The molecule has 0 atom stereocenters. The van der Waals surface area contributed by atoms with E-state index in [-0.39, 0.29) is 5.97 Å². The van der Waals surface area contributed by atoms with Gasteiger partial charge in [0.1, 0.15) is 20.6 Å². The van der Waals surface area contributed by atoms with Crippen LogP contribution < -0.4 is 0 Å². The van der Waals surface area contributed by atoms with E-state index >= 15 is 0 Å². The smallest absolute Gasteiger partial charge is 0.348 e. The molecule has 0 saturated heterocycles. The van der Waals surface area contributed by atoms with Gasteiger partial charge < -0.3 is 4.74 Å². The van der Waals surface area contributed by atoms with Crippen molar-refractivity contribution in [3.63, 3.8) is 0 Å². The van der Waals surface area contributed by atoms with Crippen LogP contribution in [-0.4, -0.2) is 42.8 Å². The predicted molar refractivity (Wildman–Crippen MR) is 93.1 cm³/mol. The second kappa shape index (κ2) is 6.34. The zero-order chi connectivity index (χ0) is 17.6. The van der Waals surface area contributed by atoms with E-state index in [1.807, 2.05) is 18.5 Å². The number of hydrogen-bond donors (Lipinski definition) is 0. The van der Waals surface area contributed by atoms with E-state index in [2.05, 4.69) is 25.5 Å². The predicted octanol–water partition coefficient (Wildman–Crippen LogP) is 2.96. The summed E-state index contributed by atoms with van der Waals surface area (Å²) in [5.74, 6) is 0.330. The van der Waals surface area contributed by atoms with Gasteiger partial charge in [-0.1, -0.05) is 0 Å². The quantitative estimate of drug-likeness (QED) is 0.495. The first-order chi connectivity index (χ1) is 12.1. The van der Waals surface area contributed by atoms with Crippen LogP contribution in [0.3, 0.4) is 0 Å². The zero-order valence-corrected chi connectivity index (χ0v) is 15.6. The molecule has 0 aliphatic heterocycles. The Morgan fingerprint density at radius 1 is 1.36 bits per heavy atom. The number of carbonyl (C=O) groups is 1. The summed E-state index contributed by atoms with van der Waals surface area (Å²) in [4.78, 5) is 22.6. The molecule has 0 spiro atoms. The van der Waals surface area contributed by atoms with Crippen LogP contribution in [0, 0.1) is 13.8 Å². The summed E-state index contributed by atoms with van der Waals surface area (Å²) in [5, 5.41) is 14.3. The van der Waals surface area contributed by atoms with E-state index in [1.54, 1.807) is 6.92 Å². The molecule has 4 rings (SSSR count). The third-order valence-corrected chi connectivity index (χ3v) is 5.98. The summed E-state index contributed by atoms with van der Waals surface area (Å²) < 4.78 is 7.00. The molecule has 0 bridgehead atoms. The first-order valence-corrected chi connectivity index (χ1v) is 9.62. The topological polar surface area (TPSA) is 95.7 Å². The molecular formula is C15H16N6O2S2. The van der Waals surface area contributed by atoms with Crippen molar-refractivity contribution in [3.05, 3.63) is 16.3 Å². The van der Waals surface area contributed by atoms with Crippen LogP contribution >= 0.6 is 23.1 Å². The summed E-state index contributed by atoms with van der Waals surface area (Å²) in [5.41, 5.74) is 0.839. The molecule has 1 aliphatic rings. The Morgan fingerprint density at radius 3 is 2.88 bits per heavy atom. The number of aryl methyl sites for hydroxylation is 2. The number of fused-ring (bicyclic) bond motifs is 1. The molecule has 1 aliphatic carbocycles. The molecule has 0 unspecified atom stereocenters. The van der Waals surface area contributed by atoms with Crippen LogP contribution in [0.15, 0.2) is 10.2 Å². The maximum absolute atomic E-state index is 12.2. The normalized spacial score (nSPS) is 14.2. The minimum atomic E-state index is -0.320. The number of rotatable bonds is 5. The fraction of sp³-hybridized carbons (Fsp3) is 0.467. The largest absolute Gasteiger partial charge is 0.462 e. The minimum Gasteiger partial charge on any atom is -0.462 e. The van der Waals surface area contributed by atoms with Gasteiger partial charge in [0.25, 0.3) is 0 Å². The number of aromatic nitrogens is 6. The highest BCUT2D eigenvalue weighted by atomic mass is 32.2. The molecule has 3 heterocycles. The Labute approximate surface area is 152 Å². The summed E-state index contributed by atoms with van der Waals surface area (Å²) in [6.07, 6.45) is 2.20. The summed E-state index contributed by atoms with van der Waals surface area (Å²) >= 11 is 2.75. The Morgan fingerprint density at radius 2 is 2.16 bits per heavy atom. The van der Waals surface area contributed by atoms with E-state index in [1.165, 1.54) is 23.1 Å². The van der Waals surface area contributed by atoms with Gasteiger partial charge in [-0.25, -0.2) is 19.4 Å². The summed E-state index contributed by atoms with van der Waals surface area (Å²) in [6, 6.07) is 0.384. The lowest BCUT2D eigenvalue weighted by Crippen LogP contribution is -2.03. The first-order valence-electron chi connectivity index (χ1n) is 7.99. The molecule has 0 aromatic carbocycles. The average Bonchev–Trinajstić information content (AvgIpc) is 3.22. The lowest BCUT2D eigenvalue weighted by Gasteiger charge is -2.05. The number of esters is 1. The monoisotopic (exact) mass is 376 g/mol. The van der Waals surface area contributed by atoms with E-state index in [9.17, 15) is 4.79 Å². The van der Waals surface area contributed by atoms with Gasteiger partial charge >= 0.3 is 5.97 Å². The Hall–Kier alpha value is -2.07. The highest BCUT2D eigenvalue weighted by Gasteiger charge is 2.29. The number of nitrogens with zero attached hydrogens (tertiary/aromatic N) is 6. The van der Waals surface area contributed by atoms with Gasteiger partial charge in [0, 0.05) is 5.39 Å². The van der Waals surface area contributed by atoms with Crippen LogP contribution in [-0.2, 0) is 4.74 Å². The van der Waals surface area contributed by atoms with Crippen LogP contribution in [0.2, 0.25) is 0 Å². The summed E-state index contributed by atoms with van der Waals surface area (Å²) in [6.45, 7) is 5.88. The molecule has 10 heteroatoms. The van der Waals surface area contributed by atoms with Gasteiger partial charge in [0.15, 0.2) is 0 Å². The van der Waals surface area contributed by atoms with Crippen molar-refractivity contribution in [2.45, 2.75) is 49.8 Å². The average molecular weight is 376 g/mol. The molecule has 8 nitrogen and oxygen atoms in total. The van der Waals surface area contributed by atoms with Gasteiger partial charge in [-0.3, -0.25) is 0 Å². The van der Waals surface area contributed by atoms with Crippen molar-refractivity contribution in [1.82, 2.24) is 30.2 Å². The van der Waals surface area contributed by atoms with Gasteiger partial charge in [0.05, 0.1) is 12.6 Å². The fourth-order valence-corrected chi connectivity index (χ4v) is 4.80. The Bertz CT molecular complexity index is 962. The van der Waals surface area contributed by atoms with Crippen LogP contribution in [0.5, 0.6) is 0 Å². The maximum Gasteiger partial charge on any atom is 0.348 e. The van der Waals surface area contributed by atoms with Crippen molar-refractivity contribution in [2.24, 2.45) is 0 Å². The van der Waals surface area contributed by atoms with Crippen LogP contribution in [0.25, 0.3) is 10.2 Å². The molecule has 0 N–H and O–H groups in total. The van der Waals surface area contributed by atoms with Crippen molar-refractivity contribution in [1.29, 1.82) is 0 Å². The standard InChI is InChI=1S/C15H16N6O2S2/c1-4-23-14(22)11-7(2)10-12(24-11)16-8(3)17-13(10)25-15-18-19-20-21(15)9-5-6-9/h9H,4-6H2,1-3H3. The lowest BCUT2D eigenvalue weighted by molar-refractivity contribution is 0.0531. The van der Waals surface area contributed by atoms with E-state index in [0.717, 1.165) is 33.6 Å². The number of carbonyl (C=O) groups excluding carboxylic acids is 1. The minimum absolute atomic E-state index is 0.320. The van der Waals surface area contributed by atoms with Crippen molar-refractivity contribution in [3.8, 4) is 0 Å². The molecule has 1 saturated carbocycles. The van der Waals surface area contributed by atoms with E-state index in [4.69, 9.17) is 4.74 Å². The molecule has 3 aromatic rings. The second-order valence-corrected chi connectivity index (χ2v) is 7.73. The van der Waals surface area contributed by atoms with Gasteiger partial charge in [-0.15, -0.1) is 16.4 Å². The number of ether oxygens (including phenoxy) is 1. The van der Waals surface area contributed by atoms with Gasteiger partial charge in [0.2, 0.25) is 5.16 Å². The molecular weight excluding hydrogens is 360 g/mol. The fourth-order valence-electron chi connectivity index (χ4n) is 2.56. The molecule has 25 heavy (non-hydrogen) atoms. The van der Waals surface area contributed by atoms with Crippen molar-refractivity contribution >= 4 is 39.3 Å². The molecule has 1 fully saturated rings. The summed E-state index contributed by atoms with van der Waals surface area (Å²) in [7, 11) is 0.